The molecule has 5 heteroatoms. The third-order valence-electron chi connectivity index (χ3n) is 2.63. The minimum Gasteiger partial charge on any atom is -0.383 e. The molecule has 0 aliphatic carbocycles. The average Bonchev–Trinajstić information content (AvgIpc) is 2.61. The summed E-state index contributed by atoms with van der Waals surface area (Å²) in [5.41, 5.74) is 6.10. The molecule has 0 saturated carbocycles. The van der Waals surface area contributed by atoms with Crippen LogP contribution in [0.4, 0.5) is 14.6 Å². The lowest BCUT2D eigenvalue weighted by molar-refractivity contribution is 0.603. The second-order valence-corrected chi connectivity index (χ2v) is 3.81. The van der Waals surface area contributed by atoms with Crippen LogP contribution in [-0.4, -0.2) is 9.55 Å². The fraction of sp³-hybridized carbons (Fsp3) is 0.154. The van der Waals surface area contributed by atoms with E-state index in [0.29, 0.717) is 5.82 Å². The summed E-state index contributed by atoms with van der Waals surface area (Å²) in [6.07, 6.45) is 5.21. The largest absolute Gasteiger partial charge is 0.383 e. The molecule has 1 aromatic heterocycles. The molecule has 0 spiro atoms. The van der Waals surface area contributed by atoms with Gasteiger partial charge in [0.15, 0.2) is 0 Å². The lowest BCUT2D eigenvalue weighted by Gasteiger charge is -2.04. The molecule has 92 valence electrons. The lowest BCUT2D eigenvalue weighted by Crippen LogP contribution is -2.03. The van der Waals surface area contributed by atoms with Crippen molar-refractivity contribution in [2.24, 2.45) is 0 Å². The summed E-state index contributed by atoms with van der Waals surface area (Å²) in [5.74, 6) is 2.10. The van der Waals surface area contributed by atoms with E-state index in [1.54, 1.807) is 11.5 Å². The Bertz CT molecular complexity index is 638. The van der Waals surface area contributed by atoms with Crippen LogP contribution >= 0.6 is 0 Å². The maximum atomic E-state index is 13.7. The normalized spacial score (nSPS) is 10.3. The highest BCUT2D eigenvalue weighted by molar-refractivity contribution is 5.71. The number of imidazole rings is 1. The molecule has 0 radical (unpaired) electrons. The Morgan fingerprint density at radius 1 is 1.44 bits per heavy atom. The first-order valence-corrected chi connectivity index (χ1v) is 5.26. The quantitative estimate of drug-likeness (QED) is 0.828. The van der Waals surface area contributed by atoms with Crippen LogP contribution in [0.3, 0.4) is 0 Å². The Kier molecular flexibility index (Phi) is 3.02. The second-order valence-electron chi connectivity index (χ2n) is 3.81. The molecular weight excluding hydrogens is 236 g/mol. The fourth-order valence-electron chi connectivity index (χ4n) is 1.75. The van der Waals surface area contributed by atoms with Gasteiger partial charge >= 0.3 is 0 Å². The van der Waals surface area contributed by atoms with Gasteiger partial charge in [0.05, 0.1) is 6.54 Å². The molecule has 2 N–H and O–H groups in total. The summed E-state index contributed by atoms with van der Waals surface area (Å²) >= 11 is 0. The van der Waals surface area contributed by atoms with E-state index in [2.05, 4.69) is 10.9 Å². The van der Waals surface area contributed by atoms with Crippen LogP contribution in [0.5, 0.6) is 0 Å². The number of nitrogens with zero attached hydrogens (tertiary/aromatic N) is 2. The van der Waals surface area contributed by atoms with E-state index in [4.69, 9.17) is 12.2 Å². The van der Waals surface area contributed by atoms with Gasteiger partial charge in [0.1, 0.15) is 29.0 Å². The Hall–Kier alpha value is -2.35. The molecule has 0 bridgehead atoms. The molecule has 2 rings (SSSR count). The number of aromatic nitrogens is 2. The van der Waals surface area contributed by atoms with Gasteiger partial charge in [0, 0.05) is 5.56 Å². The maximum Gasteiger partial charge on any atom is 0.132 e. The van der Waals surface area contributed by atoms with Crippen LogP contribution in [0.2, 0.25) is 0 Å². The predicted molar refractivity (Wildman–Crippen MR) is 65.6 cm³/mol. The Balaban J connectivity index is 2.62. The molecule has 0 atom stereocenters. The Morgan fingerprint density at radius 3 is 2.83 bits per heavy atom. The summed E-state index contributed by atoms with van der Waals surface area (Å²) in [4.78, 5) is 4.14. The topological polar surface area (TPSA) is 43.8 Å². The Morgan fingerprint density at radius 2 is 2.17 bits per heavy atom. The molecule has 18 heavy (non-hydrogen) atoms. The number of aryl methyl sites for hydroxylation is 1. The minimum atomic E-state index is -0.576. The third kappa shape index (κ3) is 1.93. The average molecular weight is 247 g/mol. The van der Waals surface area contributed by atoms with Crippen molar-refractivity contribution in [2.45, 2.75) is 13.5 Å². The minimum absolute atomic E-state index is 0.0337. The van der Waals surface area contributed by atoms with Crippen molar-refractivity contribution in [3.63, 3.8) is 0 Å². The zero-order valence-corrected chi connectivity index (χ0v) is 9.74. The maximum absolute atomic E-state index is 13.7. The first-order chi connectivity index (χ1) is 8.54. The summed E-state index contributed by atoms with van der Waals surface area (Å²) < 4.78 is 28.4. The molecule has 0 saturated heterocycles. The van der Waals surface area contributed by atoms with Crippen LogP contribution < -0.4 is 5.73 Å². The summed E-state index contributed by atoms with van der Waals surface area (Å²) in [6.45, 7) is 1.94. The highest BCUT2D eigenvalue weighted by Gasteiger charge is 2.16. The molecule has 0 amide bonds. The van der Waals surface area contributed by atoms with Gasteiger partial charge in [-0.1, -0.05) is 5.92 Å². The molecular formula is C13H11F2N3. The molecule has 0 unspecified atom stereocenters. The van der Waals surface area contributed by atoms with Crippen molar-refractivity contribution in [1.29, 1.82) is 0 Å². The van der Waals surface area contributed by atoms with Crippen molar-refractivity contribution in [3.05, 3.63) is 35.7 Å². The molecule has 0 aliphatic rings. The van der Waals surface area contributed by atoms with Gasteiger partial charge in [-0.15, -0.1) is 6.42 Å². The van der Waals surface area contributed by atoms with Crippen molar-refractivity contribution in [2.75, 3.05) is 5.73 Å². The van der Waals surface area contributed by atoms with Crippen molar-refractivity contribution in [1.82, 2.24) is 9.55 Å². The van der Waals surface area contributed by atoms with E-state index in [-0.39, 0.29) is 23.6 Å². The molecule has 0 fully saturated rings. The lowest BCUT2D eigenvalue weighted by atomic mass is 10.1. The summed E-state index contributed by atoms with van der Waals surface area (Å²) in [6, 6.07) is 3.15. The number of hydrogen-bond donors (Lipinski definition) is 1. The van der Waals surface area contributed by atoms with Crippen LogP contribution in [0, 0.1) is 30.9 Å². The fourth-order valence-corrected chi connectivity index (χ4v) is 1.75. The van der Waals surface area contributed by atoms with Crippen LogP contribution in [0.15, 0.2) is 18.2 Å². The third-order valence-corrected chi connectivity index (χ3v) is 2.63. The molecule has 2 aromatic rings. The number of terminal acetylenes is 1. The first kappa shape index (κ1) is 12.1. The number of anilines is 1. The van der Waals surface area contributed by atoms with E-state index in [0.717, 1.165) is 18.2 Å². The van der Waals surface area contributed by atoms with Gasteiger partial charge in [-0.25, -0.2) is 13.8 Å². The van der Waals surface area contributed by atoms with E-state index in [1.165, 1.54) is 0 Å². The molecule has 1 aromatic carbocycles. The van der Waals surface area contributed by atoms with Gasteiger partial charge in [-0.05, 0) is 25.1 Å². The van der Waals surface area contributed by atoms with Gasteiger partial charge in [-0.2, -0.15) is 0 Å². The molecule has 1 heterocycles. The van der Waals surface area contributed by atoms with Crippen LogP contribution in [-0.2, 0) is 6.54 Å². The standard InChI is InChI=1S/C13H11F2N3/c1-3-6-18-8(2)17-12(13(18)16)10-7-9(14)4-5-11(10)15/h1,4-5,7H,6,16H2,2H3. The van der Waals surface area contributed by atoms with E-state index < -0.39 is 11.6 Å². The zero-order valence-electron chi connectivity index (χ0n) is 9.74. The van der Waals surface area contributed by atoms with Gasteiger partial charge in [0.2, 0.25) is 0 Å². The number of rotatable bonds is 2. The van der Waals surface area contributed by atoms with E-state index in [9.17, 15) is 8.78 Å². The number of halogens is 2. The van der Waals surface area contributed by atoms with Crippen LogP contribution in [0.1, 0.15) is 5.82 Å². The van der Waals surface area contributed by atoms with Gasteiger partial charge < -0.3 is 10.3 Å². The van der Waals surface area contributed by atoms with Crippen molar-refractivity contribution in [3.8, 4) is 23.6 Å². The van der Waals surface area contributed by atoms with E-state index in [1.807, 2.05) is 0 Å². The Labute approximate surface area is 103 Å². The van der Waals surface area contributed by atoms with Crippen LogP contribution in [0.25, 0.3) is 11.3 Å². The smallest absolute Gasteiger partial charge is 0.132 e. The summed E-state index contributed by atoms with van der Waals surface area (Å²) in [7, 11) is 0. The summed E-state index contributed by atoms with van der Waals surface area (Å²) in [5, 5.41) is 0. The number of nitrogens with two attached hydrogens (primary N) is 1. The van der Waals surface area contributed by atoms with Crippen molar-refractivity contribution >= 4 is 5.82 Å². The highest BCUT2D eigenvalue weighted by atomic mass is 19.1. The first-order valence-electron chi connectivity index (χ1n) is 5.26. The van der Waals surface area contributed by atoms with Gasteiger partial charge in [-0.3, -0.25) is 0 Å². The van der Waals surface area contributed by atoms with Gasteiger partial charge in [0.25, 0.3) is 0 Å². The SMILES string of the molecule is C#CCn1c(C)nc(-c2cc(F)ccc2F)c1N. The zero-order chi connectivity index (χ0) is 13.3. The monoisotopic (exact) mass is 247 g/mol. The number of benzene rings is 1. The van der Waals surface area contributed by atoms with Crippen molar-refractivity contribution < 1.29 is 8.78 Å². The highest BCUT2D eigenvalue weighted by Crippen LogP contribution is 2.28. The van der Waals surface area contributed by atoms with E-state index >= 15 is 0 Å². The number of nitrogen functional groups attached to an aromatic ring is 1. The molecule has 0 aliphatic heterocycles. The predicted octanol–water partition coefficient (Wildman–Crippen LogP) is 2.35. The molecule has 3 nitrogen and oxygen atoms in total. The second kappa shape index (κ2) is 4.49. The number of hydrogen-bond acceptors (Lipinski definition) is 2.